The van der Waals surface area contributed by atoms with Gasteiger partial charge in [0.1, 0.15) is 0 Å². The number of benzene rings is 1. The number of hydrogen-bond acceptors (Lipinski definition) is 3. The van der Waals surface area contributed by atoms with E-state index in [1.165, 1.54) is 0 Å². The number of carboxylic acids is 1. The van der Waals surface area contributed by atoms with Crippen LogP contribution in [0.15, 0.2) is 30.3 Å². The van der Waals surface area contributed by atoms with Crippen molar-refractivity contribution in [3.8, 4) is 0 Å². The molecule has 14 heavy (non-hydrogen) atoms. The smallest absolute Gasteiger partial charge is 0.335 e. The van der Waals surface area contributed by atoms with Gasteiger partial charge in [-0.05, 0) is 12.1 Å². The van der Waals surface area contributed by atoms with Crippen LogP contribution in [0.4, 0.5) is 0 Å². The van der Waals surface area contributed by atoms with Crippen LogP contribution in [-0.4, -0.2) is 51.6 Å². The zero-order valence-electron chi connectivity index (χ0n) is 7.65. The topological polar surface area (TPSA) is 124 Å². The molecule has 0 aliphatic rings. The van der Waals surface area contributed by atoms with Gasteiger partial charge in [-0.3, -0.25) is 0 Å². The minimum atomic E-state index is -0.879. The monoisotopic (exact) mass is 228 g/mol. The zero-order valence-corrected chi connectivity index (χ0v) is 10.5. The van der Waals surface area contributed by atoms with Crippen LogP contribution in [-0.2, 0) is 12.4 Å². The van der Waals surface area contributed by atoms with Gasteiger partial charge in [0.15, 0.2) is 0 Å². The quantitative estimate of drug-likeness (QED) is 0.638. The summed E-state index contributed by atoms with van der Waals surface area (Å²) in [7, 11) is 0. The van der Waals surface area contributed by atoms with E-state index in [1.807, 2.05) is 0 Å². The fraction of sp³-hybridized carbons (Fsp3) is 0. The van der Waals surface area contributed by atoms with Crippen molar-refractivity contribution < 1.29 is 20.9 Å². The average molecular weight is 228 g/mol. The van der Waals surface area contributed by atoms with Gasteiger partial charge in [0, 0.05) is 42.0 Å². The summed E-state index contributed by atoms with van der Waals surface area (Å²) >= 11 is 3.33. The number of aromatic carboxylic acids is 1. The second-order valence-corrected chi connectivity index (χ2v) is 1.67. The molecule has 7 heteroatoms. The molecule has 0 unspecified atom stereocenters. The van der Waals surface area contributed by atoms with Gasteiger partial charge in [-0.1, -0.05) is 18.2 Å². The molecule has 1 rings (SSSR count). The molecule has 1 aromatic carbocycles. The first-order valence-electron chi connectivity index (χ1n) is 2.79. The third-order valence-corrected chi connectivity index (χ3v) is 1.02. The predicted molar refractivity (Wildman–Crippen MR) is 56.5 cm³/mol. The predicted octanol–water partition coefficient (Wildman–Crippen LogP) is -0.350. The van der Waals surface area contributed by atoms with Crippen LogP contribution in [0.3, 0.4) is 0 Å². The van der Waals surface area contributed by atoms with Gasteiger partial charge in [-0.15, -0.1) is 0 Å². The first kappa shape index (κ1) is 23.4. The summed E-state index contributed by atoms with van der Waals surface area (Å²) in [5.41, 5.74) is 0.331. The van der Waals surface area contributed by atoms with Gasteiger partial charge >= 0.3 is 5.97 Å². The van der Waals surface area contributed by atoms with Gasteiger partial charge in [-0.2, -0.15) is 0 Å². The van der Waals surface area contributed by atoms with E-state index in [-0.39, 0.29) is 40.5 Å². The second kappa shape index (κ2) is 15.1. The Balaban J connectivity index is -0.0000000942. The maximum Gasteiger partial charge on any atom is 0.335 e. The van der Waals surface area contributed by atoms with Crippen LogP contribution >= 0.6 is 0 Å². The van der Waals surface area contributed by atoms with E-state index in [4.69, 9.17) is 9.89 Å². The Kier molecular flexibility index (Phi) is 25.3. The normalized spacial score (nSPS) is 6.00. The Labute approximate surface area is 109 Å². The fourth-order valence-corrected chi connectivity index (χ4v) is 0.581. The molecule has 0 aromatic heterocycles. The molecule has 0 saturated heterocycles. The van der Waals surface area contributed by atoms with Crippen LogP contribution in [0, 0.1) is 4.78 Å². The Morgan fingerprint density at radius 3 is 1.71 bits per heavy atom. The Morgan fingerprint density at radius 2 is 1.50 bits per heavy atom. The van der Waals surface area contributed by atoms with E-state index in [9.17, 15) is 4.79 Å². The number of hydrogen-bond donors (Lipinski definition) is 2. The number of carboxylic acid groups (broad SMARTS) is 1. The van der Waals surface area contributed by atoms with Gasteiger partial charge < -0.3 is 16.1 Å². The van der Waals surface area contributed by atoms with Crippen molar-refractivity contribution in [2.24, 2.45) is 0 Å². The van der Waals surface area contributed by atoms with E-state index in [1.54, 1.807) is 30.3 Å². The van der Waals surface area contributed by atoms with Crippen molar-refractivity contribution in [1.82, 2.24) is 0 Å². The molecule has 0 spiro atoms. The summed E-state index contributed by atoms with van der Waals surface area (Å²) in [6.07, 6.45) is 0. The molecular formula is C7H11NNaO4S. The Morgan fingerprint density at radius 1 is 1.14 bits per heavy atom. The van der Waals surface area contributed by atoms with Crippen molar-refractivity contribution in [2.45, 2.75) is 0 Å². The zero-order chi connectivity index (χ0) is 8.69. The van der Waals surface area contributed by atoms with E-state index in [0.29, 0.717) is 5.56 Å². The summed E-state index contributed by atoms with van der Waals surface area (Å²) in [6.45, 7) is 0. The minimum Gasteiger partial charge on any atom is -0.478 e. The molecule has 6 N–H and O–H groups in total. The third-order valence-electron chi connectivity index (χ3n) is 1.02. The van der Waals surface area contributed by atoms with Crippen molar-refractivity contribution in [1.29, 1.82) is 4.78 Å². The number of rotatable bonds is 1. The molecule has 1 aromatic rings. The SMILES string of the molecule is N=S.O.O.O=C(O)c1ccccc1.[Na]. The maximum atomic E-state index is 10.2. The molecule has 1 radical (unpaired) electrons. The summed E-state index contributed by atoms with van der Waals surface area (Å²) < 4.78 is 5.33. The van der Waals surface area contributed by atoms with E-state index < -0.39 is 5.97 Å². The molecule has 75 valence electrons. The number of carbonyl (C=O) groups is 1. The first-order valence-corrected chi connectivity index (χ1v) is 3.20. The molecular weight excluding hydrogens is 217 g/mol. The standard InChI is InChI=1S/C7H6O2.HNS.Na.2H2O/c8-7(9)6-4-2-1-3-5-6;1-2;;;/h1-5H,(H,8,9);1H;;2*1H2. The van der Waals surface area contributed by atoms with Crippen molar-refractivity contribution in [2.75, 3.05) is 0 Å². The molecule has 0 atom stereocenters. The molecule has 0 aliphatic heterocycles. The molecule has 0 aliphatic carbocycles. The second-order valence-electron chi connectivity index (χ2n) is 1.67. The van der Waals surface area contributed by atoms with Gasteiger partial charge in [0.05, 0.1) is 5.56 Å². The van der Waals surface area contributed by atoms with Gasteiger partial charge in [-0.25, -0.2) is 9.57 Å². The van der Waals surface area contributed by atoms with Gasteiger partial charge in [0.25, 0.3) is 0 Å². The molecule has 0 fully saturated rings. The largest absolute Gasteiger partial charge is 0.478 e. The van der Waals surface area contributed by atoms with Crippen molar-refractivity contribution >= 4 is 48.0 Å². The van der Waals surface area contributed by atoms with Crippen LogP contribution in [0.5, 0.6) is 0 Å². The number of nitrogens with one attached hydrogen (secondary N) is 1. The molecule has 5 nitrogen and oxygen atoms in total. The summed E-state index contributed by atoms with van der Waals surface area (Å²) in [4.78, 5) is 10.2. The van der Waals surface area contributed by atoms with Crippen LogP contribution in [0.1, 0.15) is 10.4 Å². The maximum absolute atomic E-state index is 10.2. The summed E-state index contributed by atoms with van der Waals surface area (Å²) in [5.74, 6) is -0.879. The minimum absolute atomic E-state index is 0. The van der Waals surface area contributed by atoms with Crippen molar-refractivity contribution in [3.63, 3.8) is 0 Å². The van der Waals surface area contributed by atoms with E-state index in [2.05, 4.69) is 12.4 Å². The van der Waals surface area contributed by atoms with E-state index in [0.717, 1.165) is 0 Å². The fourth-order valence-electron chi connectivity index (χ4n) is 0.581. The molecule has 0 bridgehead atoms. The molecule has 0 heterocycles. The Bertz CT molecular complexity index is 234. The van der Waals surface area contributed by atoms with Gasteiger partial charge in [0.2, 0.25) is 0 Å². The first-order chi connectivity index (χ1) is 5.30. The third kappa shape index (κ3) is 9.72. The molecule has 0 amide bonds. The summed E-state index contributed by atoms with van der Waals surface area (Å²) in [5, 5.41) is 8.38. The van der Waals surface area contributed by atoms with Crippen LogP contribution < -0.4 is 0 Å². The molecule has 0 saturated carbocycles. The summed E-state index contributed by atoms with van der Waals surface area (Å²) in [6, 6.07) is 8.30. The van der Waals surface area contributed by atoms with Crippen LogP contribution in [0.25, 0.3) is 0 Å². The van der Waals surface area contributed by atoms with E-state index >= 15 is 0 Å². The van der Waals surface area contributed by atoms with Crippen LogP contribution in [0.2, 0.25) is 0 Å². The van der Waals surface area contributed by atoms with Crippen molar-refractivity contribution in [3.05, 3.63) is 35.9 Å². The Hall–Kier alpha value is -0.370. The average Bonchev–Trinajstić information content (AvgIpc) is 2.10.